The summed E-state index contributed by atoms with van der Waals surface area (Å²) in [7, 11) is 0. The van der Waals surface area contributed by atoms with Gasteiger partial charge in [-0.15, -0.1) is 0 Å². The van der Waals surface area contributed by atoms with E-state index in [0.29, 0.717) is 24.2 Å². The van der Waals surface area contributed by atoms with Gasteiger partial charge in [0.2, 0.25) is 5.91 Å². The largest absolute Gasteiger partial charge is 0.442 e. The monoisotopic (exact) mass is 404 g/mol. The molecule has 2 unspecified atom stereocenters. The summed E-state index contributed by atoms with van der Waals surface area (Å²) in [6, 6.07) is 6.30. The van der Waals surface area contributed by atoms with E-state index in [2.05, 4.69) is 5.32 Å². The number of alkyl halides is 1. The minimum atomic E-state index is -1.25. The average molecular weight is 404 g/mol. The Labute approximate surface area is 167 Å². The van der Waals surface area contributed by atoms with Gasteiger partial charge in [-0.2, -0.15) is 5.26 Å². The zero-order valence-corrected chi connectivity index (χ0v) is 16.0. The molecule has 2 amide bonds. The Bertz CT molecular complexity index is 868. The Hall–Kier alpha value is -3.15. The van der Waals surface area contributed by atoms with Crippen LogP contribution < -0.4 is 15.1 Å². The van der Waals surface area contributed by atoms with Gasteiger partial charge in [0.1, 0.15) is 18.1 Å². The molecule has 2 heterocycles. The van der Waals surface area contributed by atoms with Crippen LogP contribution in [0.25, 0.3) is 0 Å². The van der Waals surface area contributed by atoms with E-state index < -0.39 is 24.2 Å². The fourth-order valence-corrected chi connectivity index (χ4v) is 3.46. The topological polar surface area (TPSA) is 85.7 Å². The number of amides is 2. The molecule has 0 spiro atoms. The lowest BCUT2D eigenvalue weighted by molar-refractivity contribution is -0.119. The zero-order valence-electron chi connectivity index (χ0n) is 16.0. The molecule has 0 bridgehead atoms. The van der Waals surface area contributed by atoms with Crippen LogP contribution in [-0.4, -0.2) is 50.5 Å². The Balaban J connectivity index is 1.67. The summed E-state index contributed by atoms with van der Waals surface area (Å²) in [5.74, 6) is -0.787. The Morgan fingerprint density at radius 3 is 2.90 bits per heavy atom. The van der Waals surface area contributed by atoms with Crippen molar-refractivity contribution in [2.45, 2.75) is 32.0 Å². The van der Waals surface area contributed by atoms with E-state index in [0.717, 1.165) is 0 Å². The molecule has 0 radical (unpaired) electrons. The molecule has 0 aliphatic carbocycles. The highest BCUT2D eigenvalue weighted by Gasteiger charge is 2.33. The minimum absolute atomic E-state index is 0.0120. The van der Waals surface area contributed by atoms with E-state index in [-0.39, 0.29) is 37.6 Å². The number of hydrogen-bond donors (Lipinski definition) is 1. The third kappa shape index (κ3) is 4.83. The number of anilines is 2. The number of nitriles is 1. The minimum Gasteiger partial charge on any atom is -0.442 e. The van der Waals surface area contributed by atoms with Gasteiger partial charge >= 0.3 is 6.09 Å². The van der Waals surface area contributed by atoms with Crippen LogP contribution in [0, 0.1) is 17.1 Å². The van der Waals surface area contributed by atoms with Gasteiger partial charge in [0, 0.05) is 13.5 Å². The second kappa shape index (κ2) is 8.90. The van der Waals surface area contributed by atoms with E-state index >= 15 is 0 Å². The van der Waals surface area contributed by atoms with Crippen molar-refractivity contribution in [1.29, 1.82) is 5.26 Å². The maximum Gasteiger partial charge on any atom is 0.414 e. The van der Waals surface area contributed by atoms with E-state index in [9.17, 15) is 18.4 Å². The maximum atomic E-state index is 14.7. The Morgan fingerprint density at radius 2 is 2.24 bits per heavy atom. The number of piperidine rings is 1. The highest BCUT2D eigenvalue weighted by Crippen LogP contribution is 2.31. The number of hydrogen-bond acceptors (Lipinski definition) is 5. The van der Waals surface area contributed by atoms with Crippen LogP contribution in [-0.2, 0) is 9.53 Å². The molecule has 2 saturated heterocycles. The SMILES string of the molecule is CC(=O)NCC1CN(c2ccc(N3CC/C(=C\CC#N)C(F)C3)c(F)c2)C(=O)O1. The second-order valence-corrected chi connectivity index (χ2v) is 6.99. The molecule has 9 heteroatoms. The molecule has 1 aromatic carbocycles. The van der Waals surface area contributed by atoms with Crippen molar-refractivity contribution in [3.8, 4) is 6.07 Å². The zero-order chi connectivity index (χ0) is 21.0. The number of carbonyl (C=O) groups is 2. The standard InChI is InChI=1S/C20H22F2N4O3/c1-13(27)24-10-16-11-26(20(28)29-16)15-4-5-19(17(21)9-15)25-8-6-14(3-2-7-23)18(22)12-25/h3-5,9,16,18H,2,6,8,10-12H2,1H3,(H,24,27)/b14-3+. The predicted octanol–water partition coefficient (Wildman–Crippen LogP) is 2.68. The lowest BCUT2D eigenvalue weighted by atomic mass is 10.00. The molecule has 0 aromatic heterocycles. The molecule has 2 fully saturated rings. The number of halogens is 2. The number of benzene rings is 1. The van der Waals surface area contributed by atoms with Crippen molar-refractivity contribution >= 4 is 23.4 Å². The number of cyclic esters (lactones) is 1. The summed E-state index contributed by atoms with van der Waals surface area (Å²) in [6.45, 7) is 2.21. The Morgan fingerprint density at radius 1 is 1.45 bits per heavy atom. The van der Waals surface area contributed by atoms with Crippen molar-refractivity contribution in [2.24, 2.45) is 0 Å². The highest BCUT2D eigenvalue weighted by atomic mass is 19.1. The van der Waals surface area contributed by atoms with Crippen molar-refractivity contribution in [3.63, 3.8) is 0 Å². The van der Waals surface area contributed by atoms with Crippen LogP contribution in [0.4, 0.5) is 25.0 Å². The number of allylic oxidation sites excluding steroid dienone is 1. The van der Waals surface area contributed by atoms with E-state index in [1.807, 2.05) is 6.07 Å². The van der Waals surface area contributed by atoms with Gasteiger partial charge in [-0.1, -0.05) is 6.08 Å². The molecule has 2 aliphatic rings. The summed E-state index contributed by atoms with van der Waals surface area (Å²) in [5, 5.41) is 11.2. The fraction of sp³-hybridized carbons (Fsp3) is 0.450. The van der Waals surface area contributed by atoms with Crippen molar-refractivity contribution < 1.29 is 23.1 Å². The first-order chi connectivity index (χ1) is 13.9. The summed E-state index contributed by atoms with van der Waals surface area (Å²) < 4.78 is 34.3. The third-order valence-electron chi connectivity index (χ3n) is 4.95. The van der Waals surface area contributed by atoms with Crippen LogP contribution >= 0.6 is 0 Å². The molecular weight excluding hydrogens is 382 g/mol. The van der Waals surface area contributed by atoms with Gasteiger partial charge in [-0.25, -0.2) is 13.6 Å². The normalized spacial score (nSPS) is 23.1. The molecule has 154 valence electrons. The first kappa shape index (κ1) is 20.6. The Kier molecular flexibility index (Phi) is 6.32. The predicted molar refractivity (Wildman–Crippen MR) is 103 cm³/mol. The lowest BCUT2D eigenvalue weighted by Gasteiger charge is -2.33. The summed E-state index contributed by atoms with van der Waals surface area (Å²) >= 11 is 0. The maximum absolute atomic E-state index is 14.7. The van der Waals surface area contributed by atoms with E-state index in [1.165, 1.54) is 24.0 Å². The smallest absolute Gasteiger partial charge is 0.414 e. The number of rotatable bonds is 5. The van der Waals surface area contributed by atoms with Crippen LogP contribution in [0.15, 0.2) is 29.8 Å². The van der Waals surface area contributed by atoms with Gasteiger partial charge < -0.3 is 15.0 Å². The molecule has 7 nitrogen and oxygen atoms in total. The fourth-order valence-electron chi connectivity index (χ4n) is 3.46. The molecule has 2 atom stereocenters. The van der Waals surface area contributed by atoms with Gasteiger partial charge in [0.25, 0.3) is 0 Å². The first-order valence-electron chi connectivity index (χ1n) is 9.36. The molecule has 3 rings (SSSR count). The van der Waals surface area contributed by atoms with Crippen LogP contribution in [0.2, 0.25) is 0 Å². The molecule has 1 aromatic rings. The quantitative estimate of drug-likeness (QED) is 0.763. The first-order valence-corrected chi connectivity index (χ1v) is 9.36. The van der Waals surface area contributed by atoms with Crippen LogP contribution in [0.1, 0.15) is 19.8 Å². The van der Waals surface area contributed by atoms with Crippen LogP contribution in [0.5, 0.6) is 0 Å². The highest BCUT2D eigenvalue weighted by molar-refractivity contribution is 5.90. The van der Waals surface area contributed by atoms with Gasteiger partial charge in [-0.05, 0) is 30.2 Å². The van der Waals surface area contributed by atoms with Crippen LogP contribution in [0.3, 0.4) is 0 Å². The molecule has 0 saturated carbocycles. The summed E-state index contributed by atoms with van der Waals surface area (Å²) in [5.41, 5.74) is 1.17. The van der Waals surface area contributed by atoms with E-state index in [1.54, 1.807) is 17.0 Å². The second-order valence-electron chi connectivity index (χ2n) is 6.99. The molecule has 29 heavy (non-hydrogen) atoms. The number of ether oxygens (including phenoxy) is 1. The number of carbonyl (C=O) groups excluding carboxylic acids is 2. The van der Waals surface area contributed by atoms with Gasteiger partial charge in [0.05, 0.1) is 43.5 Å². The number of nitrogens with one attached hydrogen (secondary N) is 1. The van der Waals surface area contributed by atoms with E-state index in [4.69, 9.17) is 10.00 Å². The van der Waals surface area contributed by atoms with Crippen molar-refractivity contribution in [2.75, 3.05) is 36.0 Å². The molecular formula is C20H22F2N4O3. The van der Waals surface area contributed by atoms with Crippen molar-refractivity contribution in [1.82, 2.24) is 5.32 Å². The molecule has 1 N–H and O–H groups in total. The summed E-state index contributed by atoms with van der Waals surface area (Å²) in [4.78, 5) is 26.0. The average Bonchev–Trinajstić information content (AvgIpc) is 3.06. The van der Waals surface area contributed by atoms with Crippen molar-refractivity contribution in [3.05, 3.63) is 35.7 Å². The molecule has 2 aliphatic heterocycles. The lowest BCUT2D eigenvalue weighted by Crippen LogP contribution is -2.38. The number of nitrogens with zero attached hydrogens (tertiary/aromatic N) is 3. The summed E-state index contributed by atoms with van der Waals surface area (Å²) in [6.07, 6.45) is -0.193. The van der Waals surface area contributed by atoms with Gasteiger partial charge in [-0.3, -0.25) is 9.69 Å². The third-order valence-corrected chi connectivity index (χ3v) is 4.95. The van der Waals surface area contributed by atoms with Gasteiger partial charge in [0.15, 0.2) is 0 Å².